The first-order valence-corrected chi connectivity index (χ1v) is 16.5. The minimum atomic E-state index is 0.668. The van der Waals surface area contributed by atoms with Crippen molar-refractivity contribution >= 4 is 49.0 Å². The van der Waals surface area contributed by atoms with Crippen molar-refractivity contribution in [3.05, 3.63) is 170 Å². The first-order valence-electron chi connectivity index (χ1n) is 16.5. The Morgan fingerprint density at radius 3 is 1.55 bits per heavy atom. The molecule has 2 aromatic heterocycles. The van der Waals surface area contributed by atoms with Crippen LogP contribution < -0.4 is 0 Å². The van der Waals surface area contributed by atoms with E-state index in [1.165, 1.54) is 43.4 Å². The lowest BCUT2D eigenvalue weighted by Crippen LogP contribution is -1.97. The highest BCUT2D eigenvalue weighted by atomic mass is 15.3. The monoisotopic (exact) mass is 624 g/mol. The third-order valence-corrected chi connectivity index (χ3v) is 9.60. The normalized spacial score (nSPS) is 11.7. The summed E-state index contributed by atoms with van der Waals surface area (Å²) in [6, 6.07) is 60.0. The molecule has 2 heterocycles. The second kappa shape index (κ2) is 11.0. The lowest BCUT2D eigenvalue weighted by atomic mass is 9.91. The predicted molar refractivity (Wildman–Crippen MR) is 203 cm³/mol. The fraction of sp³-hybridized carbons (Fsp3) is 0. The highest BCUT2D eigenvalue weighted by molar-refractivity contribution is 6.25. The van der Waals surface area contributed by atoms with Crippen molar-refractivity contribution in [2.75, 3.05) is 0 Å². The second-order valence-electron chi connectivity index (χ2n) is 12.5. The van der Waals surface area contributed by atoms with Crippen LogP contribution in [0.3, 0.4) is 0 Å². The molecule has 0 unspecified atom stereocenters. The maximum atomic E-state index is 5.07. The molecule has 10 aromatic rings. The Morgan fingerprint density at radius 2 is 0.857 bits per heavy atom. The van der Waals surface area contributed by atoms with Gasteiger partial charge in [-0.05, 0) is 84.9 Å². The highest BCUT2D eigenvalue weighted by Gasteiger charge is 2.17. The van der Waals surface area contributed by atoms with Gasteiger partial charge in [0, 0.05) is 11.1 Å². The van der Waals surface area contributed by atoms with Gasteiger partial charge in [0.25, 0.3) is 0 Å². The lowest BCUT2D eigenvalue weighted by molar-refractivity contribution is 1.00. The Kier molecular flexibility index (Phi) is 6.15. The fourth-order valence-corrected chi connectivity index (χ4v) is 7.26. The van der Waals surface area contributed by atoms with Gasteiger partial charge in [0.1, 0.15) is 5.69 Å². The number of para-hydroxylation sites is 2. The molecule has 0 aliphatic carbocycles. The summed E-state index contributed by atoms with van der Waals surface area (Å²) in [7, 11) is 0. The van der Waals surface area contributed by atoms with E-state index in [2.05, 4.69) is 127 Å². The summed E-state index contributed by atoms with van der Waals surface area (Å²) in [5.41, 5.74) is 9.96. The van der Waals surface area contributed by atoms with Gasteiger partial charge in [-0.25, -0.2) is 14.5 Å². The van der Waals surface area contributed by atoms with Crippen molar-refractivity contribution in [1.82, 2.24) is 19.6 Å². The SMILES string of the molecule is c1ccc(-c2nc3ccccc3n3nc(-c4cccc(-c5cccc(-c6ccc7c8ccccc8c8ccccc8c7c6)c5)c4)nc23)cc1. The van der Waals surface area contributed by atoms with Crippen molar-refractivity contribution in [3.63, 3.8) is 0 Å². The van der Waals surface area contributed by atoms with E-state index in [4.69, 9.17) is 15.1 Å². The van der Waals surface area contributed by atoms with Crippen LogP contribution in [0.2, 0.25) is 0 Å². The molecule has 0 saturated heterocycles. The van der Waals surface area contributed by atoms with Gasteiger partial charge in [-0.2, -0.15) is 0 Å². The average Bonchev–Trinajstić information content (AvgIpc) is 3.64. The molecule has 4 nitrogen and oxygen atoms in total. The van der Waals surface area contributed by atoms with E-state index in [0.29, 0.717) is 5.82 Å². The Hall–Kier alpha value is -6.65. The Balaban J connectivity index is 1.08. The minimum absolute atomic E-state index is 0.668. The van der Waals surface area contributed by atoms with Gasteiger partial charge in [-0.3, -0.25) is 0 Å². The van der Waals surface area contributed by atoms with Crippen molar-refractivity contribution in [2.45, 2.75) is 0 Å². The largest absolute Gasteiger partial charge is 0.242 e. The van der Waals surface area contributed by atoms with Crippen molar-refractivity contribution in [3.8, 4) is 44.9 Å². The minimum Gasteiger partial charge on any atom is -0.242 e. The molecule has 0 atom stereocenters. The molecule has 4 heteroatoms. The zero-order valence-electron chi connectivity index (χ0n) is 26.5. The molecule has 8 aromatic carbocycles. The van der Waals surface area contributed by atoms with Crippen LogP contribution in [0.15, 0.2) is 170 Å². The fourth-order valence-electron chi connectivity index (χ4n) is 7.26. The standard InChI is InChI=1S/C45H28N4/c1-2-12-29(13-3-1)43-45-47-44(48-49(45)42-23-9-8-22-41(42)46-43)34-17-11-16-32(27-34)30-14-10-15-31(26-30)33-24-25-39-37-20-5-4-18-35(37)36-19-6-7-21-38(36)40(39)28-33/h1-28H. The number of benzene rings is 8. The number of nitrogens with zero attached hydrogens (tertiary/aromatic N) is 4. The molecule has 49 heavy (non-hydrogen) atoms. The molecule has 0 aliphatic rings. The van der Waals surface area contributed by atoms with E-state index >= 15 is 0 Å². The predicted octanol–water partition coefficient (Wildman–Crippen LogP) is 11.4. The van der Waals surface area contributed by atoms with Gasteiger partial charge in [-0.1, -0.05) is 140 Å². The van der Waals surface area contributed by atoms with E-state index < -0.39 is 0 Å². The summed E-state index contributed by atoms with van der Waals surface area (Å²) in [6.07, 6.45) is 0. The number of fused-ring (bicyclic) bond motifs is 9. The summed E-state index contributed by atoms with van der Waals surface area (Å²) in [6.45, 7) is 0. The third kappa shape index (κ3) is 4.49. The van der Waals surface area contributed by atoms with Crippen LogP contribution in [0.25, 0.3) is 93.9 Å². The molecular formula is C45H28N4. The molecule has 228 valence electrons. The molecule has 0 amide bonds. The van der Waals surface area contributed by atoms with E-state index in [0.717, 1.165) is 44.6 Å². The lowest BCUT2D eigenvalue weighted by Gasteiger charge is -2.12. The van der Waals surface area contributed by atoms with Crippen molar-refractivity contribution in [1.29, 1.82) is 0 Å². The smallest absolute Gasteiger partial charge is 0.182 e. The van der Waals surface area contributed by atoms with Gasteiger partial charge < -0.3 is 0 Å². The Morgan fingerprint density at radius 1 is 0.347 bits per heavy atom. The van der Waals surface area contributed by atoms with Crippen molar-refractivity contribution < 1.29 is 0 Å². The molecule has 0 bridgehead atoms. The quantitative estimate of drug-likeness (QED) is 0.183. The van der Waals surface area contributed by atoms with Crippen LogP contribution in [0.1, 0.15) is 0 Å². The van der Waals surface area contributed by atoms with Gasteiger partial charge in [0.05, 0.1) is 11.0 Å². The van der Waals surface area contributed by atoms with Gasteiger partial charge >= 0.3 is 0 Å². The number of aromatic nitrogens is 4. The summed E-state index contributed by atoms with van der Waals surface area (Å²) < 4.78 is 1.93. The maximum absolute atomic E-state index is 5.07. The topological polar surface area (TPSA) is 43.1 Å². The number of rotatable bonds is 4. The highest BCUT2D eigenvalue weighted by Crippen LogP contribution is 2.38. The van der Waals surface area contributed by atoms with Crippen molar-refractivity contribution in [2.24, 2.45) is 0 Å². The van der Waals surface area contributed by atoms with E-state index in [9.17, 15) is 0 Å². The van der Waals surface area contributed by atoms with E-state index in [1.54, 1.807) is 0 Å². The number of hydrogen-bond acceptors (Lipinski definition) is 3. The molecule has 0 spiro atoms. The van der Waals surface area contributed by atoms with Crippen LogP contribution in [0, 0.1) is 0 Å². The first-order chi connectivity index (χ1) is 24.3. The summed E-state index contributed by atoms with van der Waals surface area (Å²) in [5, 5.41) is 12.7. The average molecular weight is 625 g/mol. The van der Waals surface area contributed by atoms with E-state index in [1.807, 2.05) is 47.0 Å². The van der Waals surface area contributed by atoms with Crippen LogP contribution >= 0.6 is 0 Å². The molecule has 0 radical (unpaired) electrons. The molecular weight excluding hydrogens is 597 g/mol. The first kappa shape index (κ1) is 27.5. The van der Waals surface area contributed by atoms with Gasteiger partial charge in [0.2, 0.25) is 0 Å². The van der Waals surface area contributed by atoms with Crippen LogP contribution in [0.5, 0.6) is 0 Å². The summed E-state index contributed by atoms with van der Waals surface area (Å²) in [4.78, 5) is 10.1. The molecule has 0 fully saturated rings. The second-order valence-corrected chi connectivity index (χ2v) is 12.5. The van der Waals surface area contributed by atoms with Crippen LogP contribution in [-0.2, 0) is 0 Å². The van der Waals surface area contributed by atoms with Gasteiger partial charge in [0.15, 0.2) is 11.5 Å². The summed E-state index contributed by atoms with van der Waals surface area (Å²) in [5.74, 6) is 0.668. The van der Waals surface area contributed by atoms with Gasteiger partial charge in [-0.15, -0.1) is 5.10 Å². The zero-order chi connectivity index (χ0) is 32.3. The molecule has 0 saturated carbocycles. The number of hydrogen-bond donors (Lipinski definition) is 0. The molecule has 0 N–H and O–H groups in total. The maximum Gasteiger partial charge on any atom is 0.182 e. The molecule has 10 rings (SSSR count). The Labute approximate surface area is 282 Å². The summed E-state index contributed by atoms with van der Waals surface area (Å²) >= 11 is 0. The Bertz CT molecular complexity index is 2850. The van der Waals surface area contributed by atoms with E-state index in [-0.39, 0.29) is 0 Å². The van der Waals surface area contributed by atoms with Crippen LogP contribution in [0.4, 0.5) is 0 Å². The third-order valence-electron chi connectivity index (χ3n) is 9.60. The van der Waals surface area contributed by atoms with Crippen LogP contribution in [-0.4, -0.2) is 19.6 Å². The molecule has 0 aliphatic heterocycles. The zero-order valence-corrected chi connectivity index (χ0v) is 26.5.